The van der Waals surface area contributed by atoms with Gasteiger partial charge in [0.25, 0.3) is 0 Å². The number of furan rings is 1. The summed E-state index contributed by atoms with van der Waals surface area (Å²) in [6.07, 6.45) is 0.0498. The topological polar surface area (TPSA) is 88.4 Å². The SMILES string of the molecule is Cc1ccc(S(=O)(=O)NCCC(=O)NC(C)c2ccc(C)o2)c(C)c1. The molecule has 1 unspecified atom stereocenters. The van der Waals surface area contributed by atoms with Gasteiger partial charge in [-0.1, -0.05) is 17.7 Å². The van der Waals surface area contributed by atoms with Crippen LogP contribution >= 0.6 is 0 Å². The molecule has 2 rings (SSSR count). The van der Waals surface area contributed by atoms with Crippen molar-refractivity contribution in [2.75, 3.05) is 6.54 Å². The van der Waals surface area contributed by atoms with E-state index in [2.05, 4.69) is 10.0 Å². The Labute approximate surface area is 148 Å². The van der Waals surface area contributed by atoms with E-state index in [1.165, 1.54) is 0 Å². The van der Waals surface area contributed by atoms with Crippen molar-refractivity contribution in [1.82, 2.24) is 10.0 Å². The van der Waals surface area contributed by atoms with E-state index in [9.17, 15) is 13.2 Å². The summed E-state index contributed by atoms with van der Waals surface area (Å²) in [5, 5.41) is 2.79. The molecule has 1 aromatic heterocycles. The number of amides is 1. The molecule has 6 nitrogen and oxygen atoms in total. The van der Waals surface area contributed by atoms with Crippen LogP contribution < -0.4 is 10.0 Å². The number of aryl methyl sites for hydroxylation is 3. The van der Waals surface area contributed by atoms with E-state index < -0.39 is 10.0 Å². The lowest BCUT2D eigenvalue weighted by Gasteiger charge is -2.12. The maximum Gasteiger partial charge on any atom is 0.240 e. The molecule has 136 valence electrons. The minimum Gasteiger partial charge on any atom is -0.464 e. The molecule has 0 fully saturated rings. The van der Waals surface area contributed by atoms with Crippen molar-refractivity contribution in [3.8, 4) is 0 Å². The van der Waals surface area contributed by atoms with Gasteiger partial charge in [-0.2, -0.15) is 0 Å². The molecule has 7 heteroatoms. The van der Waals surface area contributed by atoms with Crippen molar-refractivity contribution in [2.24, 2.45) is 0 Å². The Balaban J connectivity index is 1.87. The summed E-state index contributed by atoms with van der Waals surface area (Å²) < 4.78 is 32.6. The van der Waals surface area contributed by atoms with Gasteiger partial charge in [0.15, 0.2) is 0 Å². The van der Waals surface area contributed by atoms with Crippen LogP contribution in [0.15, 0.2) is 39.6 Å². The molecule has 0 aliphatic heterocycles. The smallest absolute Gasteiger partial charge is 0.240 e. The van der Waals surface area contributed by atoms with E-state index in [0.29, 0.717) is 11.3 Å². The lowest BCUT2D eigenvalue weighted by Crippen LogP contribution is -2.32. The first-order valence-electron chi connectivity index (χ1n) is 8.11. The second kappa shape index (κ2) is 7.84. The Hall–Kier alpha value is -2.12. The zero-order chi connectivity index (χ0) is 18.6. The molecule has 2 N–H and O–H groups in total. The second-order valence-corrected chi connectivity index (χ2v) is 7.89. The summed E-state index contributed by atoms with van der Waals surface area (Å²) in [4.78, 5) is 12.2. The van der Waals surface area contributed by atoms with Crippen LogP contribution in [0, 0.1) is 20.8 Å². The molecule has 25 heavy (non-hydrogen) atoms. The standard InChI is InChI=1S/C18H24N2O4S/c1-12-5-8-17(13(2)11-12)25(22,23)19-10-9-18(21)20-15(4)16-7-6-14(3)24-16/h5-8,11,15,19H,9-10H2,1-4H3,(H,20,21). The number of rotatable bonds is 7. The number of benzene rings is 1. The third-order valence-corrected chi connectivity index (χ3v) is 5.45. The summed E-state index contributed by atoms with van der Waals surface area (Å²) in [5.74, 6) is 1.20. The largest absolute Gasteiger partial charge is 0.464 e. The first-order valence-corrected chi connectivity index (χ1v) is 9.60. The van der Waals surface area contributed by atoms with Gasteiger partial charge in [0.2, 0.25) is 15.9 Å². The van der Waals surface area contributed by atoms with E-state index >= 15 is 0 Å². The molecule has 1 aromatic carbocycles. The van der Waals surface area contributed by atoms with Crippen LogP contribution in [-0.4, -0.2) is 20.9 Å². The zero-order valence-electron chi connectivity index (χ0n) is 14.9. The minimum atomic E-state index is -3.63. The Kier molecular flexibility index (Phi) is 6.02. The molecule has 0 saturated carbocycles. The molecule has 0 radical (unpaired) electrons. The van der Waals surface area contributed by atoms with E-state index in [4.69, 9.17) is 4.42 Å². The van der Waals surface area contributed by atoms with Crippen molar-refractivity contribution in [1.29, 1.82) is 0 Å². The predicted octanol–water partition coefficient (Wildman–Crippen LogP) is 2.75. The minimum absolute atomic E-state index is 0.0331. The summed E-state index contributed by atoms with van der Waals surface area (Å²) in [6, 6.07) is 8.51. The fourth-order valence-corrected chi connectivity index (χ4v) is 3.80. The monoisotopic (exact) mass is 364 g/mol. The number of nitrogens with one attached hydrogen (secondary N) is 2. The first kappa shape index (κ1) is 19.2. The quantitative estimate of drug-likeness (QED) is 0.791. The van der Waals surface area contributed by atoms with Crippen LogP contribution in [0.3, 0.4) is 0 Å². The van der Waals surface area contributed by atoms with Gasteiger partial charge in [-0.05, 0) is 51.5 Å². The number of sulfonamides is 1. The van der Waals surface area contributed by atoms with Gasteiger partial charge >= 0.3 is 0 Å². The molecular formula is C18H24N2O4S. The average Bonchev–Trinajstić information content (AvgIpc) is 2.93. The maximum absolute atomic E-state index is 12.3. The predicted molar refractivity (Wildman–Crippen MR) is 95.7 cm³/mol. The maximum atomic E-state index is 12.3. The first-order chi connectivity index (χ1) is 11.7. The molecule has 1 heterocycles. The fourth-order valence-electron chi connectivity index (χ4n) is 2.55. The van der Waals surface area contributed by atoms with Crippen molar-refractivity contribution in [3.05, 3.63) is 53.0 Å². The third-order valence-electron chi connectivity index (χ3n) is 3.83. The highest BCUT2D eigenvalue weighted by atomic mass is 32.2. The second-order valence-electron chi connectivity index (χ2n) is 6.15. The lowest BCUT2D eigenvalue weighted by molar-refractivity contribution is -0.121. The van der Waals surface area contributed by atoms with Crippen LogP contribution in [0.2, 0.25) is 0 Å². The number of hydrogen-bond donors (Lipinski definition) is 2. The van der Waals surface area contributed by atoms with E-state index in [-0.39, 0.29) is 29.8 Å². The summed E-state index contributed by atoms with van der Waals surface area (Å²) in [6.45, 7) is 7.34. The van der Waals surface area contributed by atoms with E-state index in [1.54, 1.807) is 19.1 Å². The fraction of sp³-hybridized carbons (Fsp3) is 0.389. The molecule has 0 spiro atoms. The van der Waals surface area contributed by atoms with Gasteiger partial charge in [0.05, 0.1) is 10.9 Å². The number of carbonyl (C=O) groups is 1. The molecule has 0 bridgehead atoms. The van der Waals surface area contributed by atoms with Crippen LogP contribution in [-0.2, 0) is 14.8 Å². The average molecular weight is 364 g/mol. The summed E-state index contributed by atoms with van der Waals surface area (Å²) in [7, 11) is -3.63. The van der Waals surface area contributed by atoms with Gasteiger partial charge in [0.1, 0.15) is 11.5 Å². The highest BCUT2D eigenvalue weighted by Crippen LogP contribution is 2.17. The molecule has 1 atom stereocenters. The normalized spacial score (nSPS) is 12.8. The molecule has 0 aliphatic carbocycles. The van der Waals surface area contributed by atoms with Gasteiger partial charge < -0.3 is 9.73 Å². The van der Waals surface area contributed by atoms with Crippen LogP contribution in [0.4, 0.5) is 0 Å². The van der Waals surface area contributed by atoms with Gasteiger partial charge in [-0.3, -0.25) is 4.79 Å². The molecule has 1 amide bonds. The Morgan fingerprint density at radius 2 is 1.88 bits per heavy atom. The molecule has 0 aliphatic rings. The number of hydrogen-bond acceptors (Lipinski definition) is 4. The Morgan fingerprint density at radius 1 is 1.16 bits per heavy atom. The van der Waals surface area contributed by atoms with Gasteiger partial charge in [-0.25, -0.2) is 13.1 Å². The molecule has 2 aromatic rings. The highest BCUT2D eigenvalue weighted by Gasteiger charge is 2.17. The van der Waals surface area contributed by atoms with Crippen molar-refractivity contribution >= 4 is 15.9 Å². The molecular weight excluding hydrogens is 340 g/mol. The third kappa shape index (κ3) is 5.17. The Bertz CT molecular complexity index is 856. The lowest BCUT2D eigenvalue weighted by atomic mass is 10.2. The van der Waals surface area contributed by atoms with Crippen molar-refractivity contribution < 1.29 is 17.6 Å². The molecule has 0 saturated heterocycles. The van der Waals surface area contributed by atoms with E-state index in [1.807, 2.05) is 39.0 Å². The zero-order valence-corrected chi connectivity index (χ0v) is 15.7. The summed E-state index contributed by atoms with van der Waals surface area (Å²) >= 11 is 0. The van der Waals surface area contributed by atoms with Crippen molar-refractivity contribution in [3.63, 3.8) is 0 Å². The van der Waals surface area contributed by atoms with E-state index in [0.717, 1.165) is 11.3 Å². The van der Waals surface area contributed by atoms with Crippen LogP contribution in [0.5, 0.6) is 0 Å². The van der Waals surface area contributed by atoms with Crippen LogP contribution in [0.1, 0.15) is 42.0 Å². The summed E-state index contributed by atoms with van der Waals surface area (Å²) in [5.41, 5.74) is 1.68. The highest BCUT2D eigenvalue weighted by molar-refractivity contribution is 7.89. The van der Waals surface area contributed by atoms with Gasteiger partial charge in [-0.15, -0.1) is 0 Å². The van der Waals surface area contributed by atoms with Gasteiger partial charge in [0, 0.05) is 13.0 Å². The van der Waals surface area contributed by atoms with Crippen LogP contribution in [0.25, 0.3) is 0 Å². The number of carbonyl (C=O) groups excluding carboxylic acids is 1. The van der Waals surface area contributed by atoms with Crippen molar-refractivity contribution in [2.45, 2.75) is 45.1 Å². The Morgan fingerprint density at radius 3 is 2.48 bits per heavy atom.